The number of fused-ring (bicyclic) bond motifs is 1. The van der Waals surface area contributed by atoms with Gasteiger partial charge in [-0.1, -0.05) is 17.7 Å². The molecule has 1 aromatic carbocycles. The number of anilines is 1. The molecule has 2 heterocycles. The van der Waals surface area contributed by atoms with Gasteiger partial charge in [0.2, 0.25) is 10.0 Å². The zero-order chi connectivity index (χ0) is 24.6. The summed E-state index contributed by atoms with van der Waals surface area (Å²) in [5.74, 6) is -1.68. The fourth-order valence-electron chi connectivity index (χ4n) is 3.26. The van der Waals surface area contributed by atoms with Crippen LogP contribution in [0, 0.1) is 17.1 Å². The van der Waals surface area contributed by atoms with Crippen molar-refractivity contribution in [2.75, 3.05) is 5.32 Å². The second kappa shape index (κ2) is 9.17. The molecule has 176 valence electrons. The van der Waals surface area contributed by atoms with Gasteiger partial charge in [-0.15, -0.1) is 0 Å². The van der Waals surface area contributed by atoms with Crippen LogP contribution in [0.2, 0.25) is 5.02 Å². The minimum Gasteiger partial charge on any atom is -0.335 e. The van der Waals surface area contributed by atoms with E-state index in [9.17, 15) is 30.8 Å². The molecule has 0 spiro atoms. The zero-order valence-corrected chi connectivity index (χ0v) is 18.6. The third-order valence-corrected chi connectivity index (χ3v) is 6.97. The molecule has 0 fully saturated rings. The Morgan fingerprint density at radius 2 is 2.03 bits per heavy atom. The molecule has 0 bridgehead atoms. The maximum atomic E-state index is 13.6. The van der Waals surface area contributed by atoms with Crippen molar-refractivity contribution in [2.24, 2.45) is 0 Å². The van der Waals surface area contributed by atoms with E-state index in [1.165, 1.54) is 16.7 Å². The van der Waals surface area contributed by atoms with Crippen LogP contribution in [0.1, 0.15) is 41.5 Å². The molecule has 1 aliphatic heterocycles. The Kier molecular flexibility index (Phi) is 6.88. The first-order valence-electron chi connectivity index (χ1n) is 9.55. The molecule has 0 radical (unpaired) electrons. The summed E-state index contributed by atoms with van der Waals surface area (Å²) in [7, 11) is -4.78. The van der Waals surface area contributed by atoms with Crippen LogP contribution in [-0.4, -0.2) is 31.1 Å². The van der Waals surface area contributed by atoms with Crippen LogP contribution in [0.4, 0.5) is 23.2 Å². The van der Waals surface area contributed by atoms with Crippen molar-refractivity contribution >= 4 is 39.3 Å². The quantitative estimate of drug-likeness (QED) is 0.587. The number of nitrogens with one attached hydrogen (secondary N) is 2. The highest BCUT2D eigenvalue weighted by Gasteiger charge is 2.41. The Morgan fingerprint density at radius 3 is 2.67 bits per heavy atom. The first-order valence-corrected chi connectivity index (χ1v) is 11.4. The number of hydrogen-bond donors (Lipinski definition) is 2. The molecule has 1 atom stereocenters. The number of hydrogen-bond acceptors (Lipinski definition) is 4. The van der Waals surface area contributed by atoms with Crippen LogP contribution in [0.15, 0.2) is 29.2 Å². The molecule has 13 heteroatoms. The van der Waals surface area contributed by atoms with Gasteiger partial charge in [0.25, 0.3) is 5.91 Å². The Hall–Kier alpha value is -2.88. The molecular weight excluding hydrogens is 488 g/mol. The maximum absolute atomic E-state index is 13.6. The number of allylic oxidation sites excluding steroid dienone is 1. The molecule has 0 unspecified atom stereocenters. The highest BCUT2D eigenvalue weighted by Crippen LogP contribution is 2.36. The third-order valence-electron chi connectivity index (χ3n) is 4.88. The van der Waals surface area contributed by atoms with Gasteiger partial charge in [0, 0.05) is 12.2 Å². The zero-order valence-electron chi connectivity index (χ0n) is 17.0. The number of halogens is 5. The van der Waals surface area contributed by atoms with Gasteiger partial charge in [-0.05, 0) is 44.0 Å². The van der Waals surface area contributed by atoms with Gasteiger partial charge in [0.15, 0.2) is 0 Å². The first kappa shape index (κ1) is 24.8. The van der Waals surface area contributed by atoms with Crippen molar-refractivity contribution < 1.29 is 30.8 Å². The van der Waals surface area contributed by atoms with Gasteiger partial charge < -0.3 is 9.88 Å². The van der Waals surface area contributed by atoms with E-state index < -0.39 is 43.9 Å². The van der Waals surface area contributed by atoms with Crippen molar-refractivity contribution in [3.05, 3.63) is 52.1 Å². The number of carbonyl (C=O) groups excluding carboxylic acids is 1. The summed E-state index contributed by atoms with van der Waals surface area (Å²) in [6, 6.07) is 2.47. The van der Waals surface area contributed by atoms with Crippen molar-refractivity contribution in [3.8, 4) is 6.07 Å². The van der Waals surface area contributed by atoms with Gasteiger partial charge in [0.1, 0.15) is 28.5 Å². The highest BCUT2D eigenvalue weighted by molar-refractivity contribution is 7.89. The monoisotopic (exact) mass is 504 g/mol. The molecular formula is C20H17ClF4N4O3S. The van der Waals surface area contributed by atoms with Crippen LogP contribution in [0.25, 0.3) is 6.08 Å². The van der Waals surface area contributed by atoms with Gasteiger partial charge >= 0.3 is 6.18 Å². The number of benzene rings is 1. The predicted molar refractivity (Wildman–Crippen MR) is 113 cm³/mol. The molecule has 33 heavy (non-hydrogen) atoms. The third kappa shape index (κ3) is 5.05. The van der Waals surface area contributed by atoms with Gasteiger partial charge in [-0.2, -0.15) is 23.2 Å². The summed E-state index contributed by atoms with van der Waals surface area (Å²) in [4.78, 5) is 12.4. The van der Waals surface area contributed by atoms with E-state index in [4.69, 9.17) is 16.9 Å². The normalized spacial score (nSPS) is 14.8. The molecule has 1 amide bonds. The van der Waals surface area contributed by atoms with Crippen molar-refractivity contribution in [3.63, 3.8) is 0 Å². The van der Waals surface area contributed by atoms with E-state index in [1.54, 1.807) is 16.9 Å². The number of amides is 1. The minimum atomic E-state index is -4.84. The van der Waals surface area contributed by atoms with Gasteiger partial charge in [-0.3, -0.25) is 4.79 Å². The van der Waals surface area contributed by atoms with E-state index >= 15 is 0 Å². The fourth-order valence-corrected chi connectivity index (χ4v) is 5.35. The maximum Gasteiger partial charge on any atom is 0.404 e. The number of carbonyl (C=O) groups is 1. The molecule has 7 nitrogen and oxygen atoms in total. The highest BCUT2D eigenvalue weighted by atomic mass is 35.5. The largest absolute Gasteiger partial charge is 0.404 e. The molecule has 1 aromatic heterocycles. The van der Waals surface area contributed by atoms with Crippen molar-refractivity contribution in [1.82, 2.24) is 9.29 Å². The lowest BCUT2D eigenvalue weighted by molar-refractivity contribution is -0.147. The summed E-state index contributed by atoms with van der Waals surface area (Å²) in [6.45, 7) is 0.812. The minimum absolute atomic E-state index is 0.0404. The van der Waals surface area contributed by atoms with E-state index in [2.05, 4.69) is 5.32 Å². The first-order chi connectivity index (χ1) is 15.4. The standard InChI is InChI=1S/C20H17ClF4N4O3S/c1-11(20(23,24)25)28-33(31,32)18-15-5-3-2-4-8-29(15)17(16(18)21)19(30)27-13-6-7-14(22)12(9-13)10-26/h3,5-7,9,11,28H,2,4,8H2,1H3,(H,27,30)/t11-/m0/s1. The topological polar surface area (TPSA) is 104 Å². The Bertz CT molecular complexity index is 1280. The van der Waals surface area contributed by atoms with Crippen molar-refractivity contribution in [1.29, 1.82) is 5.26 Å². The predicted octanol–water partition coefficient (Wildman–Crippen LogP) is 4.44. The second-order valence-electron chi connectivity index (χ2n) is 7.22. The molecule has 0 aliphatic carbocycles. The fraction of sp³-hybridized carbons (Fsp3) is 0.300. The number of alkyl halides is 3. The van der Waals surface area contributed by atoms with Crippen LogP contribution in [-0.2, 0) is 16.6 Å². The number of rotatable bonds is 5. The Balaban J connectivity index is 2.09. The Morgan fingerprint density at radius 1 is 1.33 bits per heavy atom. The lowest BCUT2D eigenvalue weighted by Gasteiger charge is -2.17. The average molecular weight is 505 g/mol. The second-order valence-corrected chi connectivity index (χ2v) is 9.25. The smallest absolute Gasteiger partial charge is 0.335 e. The van der Waals surface area contributed by atoms with Crippen LogP contribution >= 0.6 is 11.6 Å². The summed E-state index contributed by atoms with van der Waals surface area (Å²) in [5.41, 5.74) is -0.617. The molecule has 0 saturated carbocycles. The van der Waals surface area contributed by atoms with Crippen LogP contribution in [0.3, 0.4) is 0 Å². The number of sulfonamides is 1. The van der Waals surface area contributed by atoms with Crippen LogP contribution in [0.5, 0.6) is 0 Å². The Labute approximate surface area is 191 Å². The van der Waals surface area contributed by atoms with Crippen molar-refractivity contribution in [2.45, 2.75) is 43.4 Å². The van der Waals surface area contributed by atoms with E-state index in [0.29, 0.717) is 19.8 Å². The number of nitriles is 1. The summed E-state index contributed by atoms with van der Waals surface area (Å²) in [5, 5.41) is 10.8. The lowest BCUT2D eigenvalue weighted by atomic mass is 10.2. The van der Waals surface area contributed by atoms with Crippen LogP contribution < -0.4 is 10.0 Å². The number of aromatic nitrogens is 1. The van der Waals surface area contributed by atoms with Gasteiger partial charge in [-0.25, -0.2) is 12.8 Å². The van der Waals surface area contributed by atoms with E-state index in [-0.39, 0.29) is 29.2 Å². The molecule has 2 aromatic rings. The van der Waals surface area contributed by atoms with E-state index in [1.807, 2.05) is 0 Å². The van der Waals surface area contributed by atoms with Gasteiger partial charge in [0.05, 0.1) is 16.3 Å². The summed E-state index contributed by atoms with van der Waals surface area (Å²) < 4.78 is 81.1. The molecule has 2 N–H and O–H groups in total. The molecule has 0 saturated heterocycles. The number of nitrogens with zero attached hydrogens (tertiary/aromatic N) is 2. The summed E-state index contributed by atoms with van der Waals surface area (Å²) >= 11 is 6.27. The molecule has 1 aliphatic rings. The van der Waals surface area contributed by atoms with E-state index in [0.717, 1.165) is 12.1 Å². The summed E-state index contributed by atoms with van der Waals surface area (Å²) in [6.07, 6.45) is -0.783. The SMILES string of the molecule is C[C@H](NS(=O)(=O)c1c(Cl)c(C(=O)Nc2ccc(F)c(C#N)c2)n2c1C=CCCC2)C(F)(F)F. The average Bonchev–Trinajstić information content (AvgIpc) is 2.84. The lowest BCUT2D eigenvalue weighted by Crippen LogP contribution is -2.43. The molecule has 3 rings (SSSR count).